The zero-order valence-corrected chi connectivity index (χ0v) is 14.5. The molecule has 1 heterocycles. The Morgan fingerprint density at radius 2 is 1.58 bits per heavy atom. The van der Waals surface area contributed by atoms with Crippen molar-refractivity contribution in [1.82, 2.24) is 4.98 Å². The number of carbonyl (C=O) groups excluding carboxylic acids is 1. The quantitative estimate of drug-likeness (QED) is 0.701. The standard InChI is InChI=1S/C20H19N3O3/c1-25-17-9-6-14(7-10-17)23-20(24)19-11-8-16(13-21-19)22-15-4-3-5-18(12-15)26-2/h3-13,22H,1-2H3,(H,23,24). The molecule has 2 aromatic carbocycles. The van der Waals surface area contributed by atoms with Crippen molar-refractivity contribution in [2.75, 3.05) is 24.9 Å². The molecular formula is C20H19N3O3. The van der Waals surface area contributed by atoms with E-state index < -0.39 is 0 Å². The molecule has 0 atom stereocenters. The lowest BCUT2D eigenvalue weighted by Crippen LogP contribution is -2.13. The van der Waals surface area contributed by atoms with E-state index in [2.05, 4.69) is 15.6 Å². The zero-order valence-electron chi connectivity index (χ0n) is 14.5. The Morgan fingerprint density at radius 1 is 0.846 bits per heavy atom. The molecule has 0 bridgehead atoms. The maximum Gasteiger partial charge on any atom is 0.274 e. The minimum Gasteiger partial charge on any atom is -0.497 e. The summed E-state index contributed by atoms with van der Waals surface area (Å²) in [6, 6.07) is 18.1. The predicted octanol–water partition coefficient (Wildman–Crippen LogP) is 4.09. The molecule has 6 heteroatoms. The van der Waals surface area contributed by atoms with Crippen LogP contribution in [0.3, 0.4) is 0 Å². The van der Waals surface area contributed by atoms with Crippen molar-refractivity contribution in [3.05, 3.63) is 72.6 Å². The molecule has 0 saturated carbocycles. The molecule has 0 unspecified atom stereocenters. The van der Waals surface area contributed by atoms with Crippen LogP contribution in [-0.2, 0) is 0 Å². The maximum absolute atomic E-state index is 12.3. The highest BCUT2D eigenvalue weighted by molar-refractivity contribution is 6.03. The van der Waals surface area contributed by atoms with E-state index in [1.165, 1.54) is 0 Å². The van der Waals surface area contributed by atoms with E-state index in [9.17, 15) is 4.79 Å². The lowest BCUT2D eigenvalue weighted by molar-refractivity contribution is 0.102. The maximum atomic E-state index is 12.3. The number of ether oxygens (including phenoxy) is 2. The number of nitrogens with zero attached hydrogens (tertiary/aromatic N) is 1. The summed E-state index contributed by atoms with van der Waals surface area (Å²) in [5.41, 5.74) is 2.66. The molecule has 0 spiro atoms. The Kier molecular flexibility index (Phi) is 5.34. The molecule has 1 amide bonds. The summed E-state index contributed by atoms with van der Waals surface area (Å²) in [4.78, 5) is 16.5. The van der Waals surface area contributed by atoms with E-state index in [4.69, 9.17) is 9.47 Å². The van der Waals surface area contributed by atoms with Gasteiger partial charge < -0.3 is 20.1 Å². The van der Waals surface area contributed by atoms with Crippen LogP contribution in [-0.4, -0.2) is 25.1 Å². The molecule has 0 radical (unpaired) electrons. The van der Waals surface area contributed by atoms with Gasteiger partial charge in [0.25, 0.3) is 5.91 Å². The summed E-state index contributed by atoms with van der Waals surface area (Å²) in [6.45, 7) is 0. The normalized spacial score (nSPS) is 10.1. The number of hydrogen-bond donors (Lipinski definition) is 2. The van der Waals surface area contributed by atoms with Crippen molar-refractivity contribution in [2.24, 2.45) is 0 Å². The van der Waals surface area contributed by atoms with E-state index in [0.717, 1.165) is 22.9 Å². The summed E-state index contributed by atoms with van der Waals surface area (Å²) in [5, 5.41) is 6.02. The molecule has 2 N–H and O–H groups in total. The highest BCUT2D eigenvalue weighted by Crippen LogP contribution is 2.21. The van der Waals surface area contributed by atoms with Gasteiger partial charge in [0.1, 0.15) is 17.2 Å². The number of carbonyl (C=O) groups is 1. The number of amides is 1. The van der Waals surface area contributed by atoms with Crippen LogP contribution in [0.2, 0.25) is 0 Å². The third-order valence-electron chi connectivity index (χ3n) is 3.70. The van der Waals surface area contributed by atoms with E-state index in [0.29, 0.717) is 11.4 Å². The molecular weight excluding hydrogens is 330 g/mol. The Hall–Kier alpha value is -3.54. The molecule has 3 rings (SSSR count). The lowest BCUT2D eigenvalue weighted by atomic mass is 10.2. The number of anilines is 3. The van der Waals surface area contributed by atoms with Gasteiger partial charge >= 0.3 is 0 Å². The molecule has 0 aliphatic rings. The predicted molar refractivity (Wildman–Crippen MR) is 101 cm³/mol. The molecule has 0 fully saturated rings. The first kappa shape index (κ1) is 17.3. The SMILES string of the molecule is COc1ccc(NC(=O)c2ccc(Nc3cccc(OC)c3)cn2)cc1. The summed E-state index contributed by atoms with van der Waals surface area (Å²) in [5.74, 6) is 1.22. The van der Waals surface area contributed by atoms with Crippen LogP contribution in [0.25, 0.3) is 0 Å². The van der Waals surface area contributed by atoms with Gasteiger partial charge in [-0.2, -0.15) is 0 Å². The number of rotatable bonds is 6. The number of nitrogens with one attached hydrogen (secondary N) is 2. The smallest absolute Gasteiger partial charge is 0.274 e. The minimum atomic E-state index is -0.275. The van der Waals surface area contributed by atoms with Gasteiger partial charge in [0.05, 0.1) is 26.1 Å². The van der Waals surface area contributed by atoms with E-state index in [-0.39, 0.29) is 5.91 Å². The van der Waals surface area contributed by atoms with Gasteiger partial charge in [0.2, 0.25) is 0 Å². The first-order chi connectivity index (χ1) is 12.7. The molecule has 26 heavy (non-hydrogen) atoms. The number of benzene rings is 2. The highest BCUT2D eigenvalue weighted by Gasteiger charge is 2.08. The van der Waals surface area contributed by atoms with Gasteiger partial charge in [-0.05, 0) is 48.5 Å². The van der Waals surface area contributed by atoms with Gasteiger partial charge in [0.15, 0.2) is 0 Å². The van der Waals surface area contributed by atoms with Gasteiger partial charge in [0, 0.05) is 17.4 Å². The largest absolute Gasteiger partial charge is 0.497 e. The first-order valence-corrected chi connectivity index (χ1v) is 8.00. The van der Waals surface area contributed by atoms with Crippen LogP contribution in [0.5, 0.6) is 11.5 Å². The lowest BCUT2D eigenvalue weighted by Gasteiger charge is -2.09. The fourth-order valence-corrected chi connectivity index (χ4v) is 2.34. The molecule has 3 aromatic rings. The summed E-state index contributed by atoms with van der Waals surface area (Å²) in [7, 11) is 3.22. The Labute approximate surface area is 151 Å². The first-order valence-electron chi connectivity index (χ1n) is 8.00. The molecule has 6 nitrogen and oxygen atoms in total. The Morgan fingerprint density at radius 3 is 2.23 bits per heavy atom. The third-order valence-corrected chi connectivity index (χ3v) is 3.70. The molecule has 0 aliphatic carbocycles. The van der Waals surface area contributed by atoms with Crippen molar-refractivity contribution in [1.29, 1.82) is 0 Å². The third kappa shape index (κ3) is 4.30. The Balaban J connectivity index is 1.65. The zero-order chi connectivity index (χ0) is 18.4. The monoisotopic (exact) mass is 349 g/mol. The van der Waals surface area contributed by atoms with E-state index in [1.54, 1.807) is 56.8 Å². The number of pyridine rings is 1. The van der Waals surface area contributed by atoms with Gasteiger partial charge in [-0.15, -0.1) is 0 Å². The van der Waals surface area contributed by atoms with Crippen LogP contribution in [0, 0.1) is 0 Å². The second-order valence-corrected chi connectivity index (χ2v) is 5.47. The van der Waals surface area contributed by atoms with Crippen molar-refractivity contribution in [3.8, 4) is 11.5 Å². The molecule has 0 saturated heterocycles. The fourth-order valence-electron chi connectivity index (χ4n) is 2.34. The van der Waals surface area contributed by atoms with Gasteiger partial charge in [-0.1, -0.05) is 6.07 Å². The van der Waals surface area contributed by atoms with Crippen LogP contribution < -0.4 is 20.1 Å². The van der Waals surface area contributed by atoms with E-state index in [1.807, 2.05) is 24.3 Å². The minimum absolute atomic E-state index is 0.275. The van der Waals surface area contributed by atoms with Crippen LogP contribution in [0.4, 0.5) is 17.1 Å². The summed E-state index contributed by atoms with van der Waals surface area (Å²) >= 11 is 0. The highest BCUT2D eigenvalue weighted by atomic mass is 16.5. The summed E-state index contributed by atoms with van der Waals surface area (Å²) in [6.07, 6.45) is 1.61. The van der Waals surface area contributed by atoms with Crippen molar-refractivity contribution < 1.29 is 14.3 Å². The van der Waals surface area contributed by atoms with E-state index >= 15 is 0 Å². The fraction of sp³-hybridized carbons (Fsp3) is 0.100. The number of hydrogen-bond acceptors (Lipinski definition) is 5. The van der Waals surface area contributed by atoms with Crippen molar-refractivity contribution >= 4 is 23.0 Å². The summed E-state index contributed by atoms with van der Waals surface area (Å²) < 4.78 is 10.3. The molecule has 132 valence electrons. The molecule has 0 aliphatic heterocycles. The Bertz CT molecular complexity index is 878. The van der Waals surface area contributed by atoms with Crippen molar-refractivity contribution in [2.45, 2.75) is 0 Å². The molecule has 1 aromatic heterocycles. The topological polar surface area (TPSA) is 72.5 Å². The van der Waals surface area contributed by atoms with Gasteiger partial charge in [-0.25, -0.2) is 4.98 Å². The average molecular weight is 349 g/mol. The second-order valence-electron chi connectivity index (χ2n) is 5.47. The number of aromatic nitrogens is 1. The van der Waals surface area contributed by atoms with Gasteiger partial charge in [-0.3, -0.25) is 4.79 Å². The van der Waals surface area contributed by atoms with Crippen LogP contribution in [0.1, 0.15) is 10.5 Å². The number of methoxy groups -OCH3 is 2. The average Bonchev–Trinajstić information content (AvgIpc) is 2.69. The van der Waals surface area contributed by atoms with Crippen molar-refractivity contribution in [3.63, 3.8) is 0 Å². The second kappa shape index (κ2) is 8.02. The van der Waals surface area contributed by atoms with Crippen LogP contribution in [0.15, 0.2) is 66.9 Å². The van der Waals surface area contributed by atoms with Crippen LogP contribution >= 0.6 is 0 Å².